The van der Waals surface area contributed by atoms with E-state index in [9.17, 15) is 9.59 Å². The second kappa shape index (κ2) is 9.26. The van der Waals surface area contributed by atoms with Crippen LogP contribution in [0.1, 0.15) is 19.3 Å². The smallest absolute Gasteiger partial charge is 0.250 e. The van der Waals surface area contributed by atoms with Crippen LogP contribution in [0.3, 0.4) is 0 Å². The fourth-order valence-corrected chi connectivity index (χ4v) is 3.35. The second-order valence-corrected chi connectivity index (χ2v) is 6.82. The monoisotopic (exact) mass is 370 g/mol. The molecule has 27 heavy (non-hydrogen) atoms. The summed E-state index contributed by atoms with van der Waals surface area (Å²) in [5.74, 6) is 1.95. The van der Waals surface area contributed by atoms with Crippen LogP contribution in [0.4, 0.5) is 0 Å². The van der Waals surface area contributed by atoms with Gasteiger partial charge in [0.25, 0.3) is 5.56 Å². The molecule has 1 aromatic carbocycles. The third-order valence-electron chi connectivity index (χ3n) is 4.86. The van der Waals surface area contributed by atoms with Gasteiger partial charge in [0.2, 0.25) is 5.91 Å². The maximum absolute atomic E-state index is 12.5. The van der Waals surface area contributed by atoms with Crippen molar-refractivity contribution in [2.45, 2.75) is 25.8 Å². The number of aromatic nitrogens is 1. The summed E-state index contributed by atoms with van der Waals surface area (Å²) in [5, 5.41) is 0. The van der Waals surface area contributed by atoms with E-state index in [4.69, 9.17) is 9.47 Å². The Morgan fingerprint density at radius 3 is 2.85 bits per heavy atom. The molecule has 0 saturated carbocycles. The average molecular weight is 370 g/mol. The normalized spacial score (nSPS) is 16.8. The van der Waals surface area contributed by atoms with E-state index in [2.05, 4.69) is 0 Å². The van der Waals surface area contributed by atoms with Gasteiger partial charge < -0.3 is 18.9 Å². The first-order chi connectivity index (χ1) is 13.2. The zero-order chi connectivity index (χ0) is 19.1. The number of aryl methyl sites for hydroxylation is 1. The van der Waals surface area contributed by atoms with Gasteiger partial charge in [0.15, 0.2) is 0 Å². The van der Waals surface area contributed by atoms with E-state index >= 15 is 0 Å². The Bertz CT molecular complexity index is 818. The molecule has 1 aliphatic rings. The molecule has 1 amide bonds. The minimum absolute atomic E-state index is 0.0755. The van der Waals surface area contributed by atoms with Crippen LogP contribution in [0.5, 0.6) is 11.5 Å². The Hall–Kier alpha value is -2.76. The maximum atomic E-state index is 12.5. The molecule has 2 aromatic rings. The molecule has 1 atom stereocenters. The molecule has 0 spiro atoms. The molecule has 6 heteroatoms. The van der Waals surface area contributed by atoms with Crippen molar-refractivity contribution in [2.24, 2.45) is 5.92 Å². The lowest BCUT2D eigenvalue weighted by molar-refractivity contribution is -0.133. The molecule has 0 unspecified atom stereocenters. The minimum atomic E-state index is -0.0755. The molecular weight excluding hydrogens is 344 g/mol. The van der Waals surface area contributed by atoms with E-state index in [1.165, 1.54) is 6.07 Å². The van der Waals surface area contributed by atoms with Gasteiger partial charge in [0.05, 0.1) is 13.7 Å². The zero-order valence-corrected chi connectivity index (χ0v) is 15.7. The third-order valence-corrected chi connectivity index (χ3v) is 4.86. The molecular formula is C21H26N2O4. The highest BCUT2D eigenvalue weighted by atomic mass is 16.5. The standard InChI is InChI=1S/C21H26N2O4/c1-26-18-7-4-8-19(14-18)27-16-17-6-5-12-23(15-17)21(25)10-13-22-11-3-2-9-20(22)24/h2-4,7-9,11,14,17H,5-6,10,12-13,15-16H2,1H3/t17-/m1/s1. The highest BCUT2D eigenvalue weighted by Crippen LogP contribution is 2.22. The average Bonchev–Trinajstić information content (AvgIpc) is 2.72. The molecule has 0 aliphatic carbocycles. The Labute approximate surface area is 159 Å². The second-order valence-electron chi connectivity index (χ2n) is 6.82. The van der Waals surface area contributed by atoms with Crippen LogP contribution >= 0.6 is 0 Å². The van der Waals surface area contributed by atoms with Crippen LogP contribution in [0.2, 0.25) is 0 Å². The molecule has 1 saturated heterocycles. The van der Waals surface area contributed by atoms with Crippen LogP contribution < -0.4 is 15.0 Å². The molecule has 1 aromatic heterocycles. The topological polar surface area (TPSA) is 60.8 Å². The molecule has 1 aliphatic heterocycles. The first-order valence-corrected chi connectivity index (χ1v) is 9.36. The molecule has 3 rings (SSSR count). The van der Waals surface area contributed by atoms with E-state index in [0.29, 0.717) is 32.0 Å². The van der Waals surface area contributed by atoms with Crippen molar-refractivity contribution >= 4 is 5.91 Å². The summed E-state index contributed by atoms with van der Waals surface area (Å²) in [6.45, 7) is 2.47. The number of rotatable bonds is 7. The minimum Gasteiger partial charge on any atom is -0.497 e. The van der Waals surface area contributed by atoms with E-state index in [1.807, 2.05) is 29.2 Å². The third kappa shape index (κ3) is 5.36. The number of benzene rings is 1. The van der Waals surface area contributed by atoms with E-state index in [1.54, 1.807) is 30.0 Å². The van der Waals surface area contributed by atoms with Gasteiger partial charge >= 0.3 is 0 Å². The van der Waals surface area contributed by atoms with Gasteiger partial charge in [-0.2, -0.15) is 0 Å². The van der Waals surface area contributed by atoms with Crippen molar-refractivity contribution < 1.29 is 14.3 Å². The number of nitrogens with zero attached hydrogens (tertiary/aromatic N) is 2. The summed E-state index contributed by atoms with van der Waals surface area (Å²) < 4.78 is 12.7. The fraction of sp³-hybridized carbons (Fsp3) is 0.429. The van der Waals surface area contributed by atoms with E-state index in [-0.39, 0.29) is 11.5 Å². The zero-order valence-electron chi connectivity index (χ0n) is 15.7. The van der Waals surface area contributed by atoms with Crippen molar-refractivity contribution in [1.82, 2.24) is 9.47 Å². The molecule has 2 heterocycles. The Balaban J connectivity index is 1.48. The van der Waals surface area contributed by atoms with Gasteiger partial charge in [0.1, 0.15) is 11.5 Å². The summed E-state index contributed by atoms with van der Waals surface area (Å²) in [6.07, 6.45) is 4.08. The predicted molar refractivity (Wildman–Crippen MR) is 103 cm³/mol. The molecule has 0 radical (unpaired) electrons. The number of pyridine rings is 1. The Morgan fingerprint density at radius 2 is 2.04 bits per heavy atom. The lowest BCUT2D eigenvalue weighted by Gasteiger charge is -2.32. The number of likely N-dealkylation sites (tertiary alicyclic amines) is 1. The lowest BCUT2D eigenvalue weighted by Crippen LogP contribution is -2.42. The maximum Gasteiger partial charge on any atom is 0.250 e. The molecule has 1 fully saturated rings. The summed E-state index contributed by atoms with van der Waals surface area (Å²) in [7, 11) is 1.63. The van der Waals surface area contributed by atoms with Gasteiger partial charge in [-0.15, -0.1) is 0 Å². The lowest BCUT2D eigenvalue weighted by atomic mass is 9.98. The van der Waals surface area contributed by atoms with Crippen LogP contribution in [0.15, 0.2) is 53.5 Å². The summed E-state index contributed by atoms with van der Waals surface area (Å²) in [5.41, 5.74) is -0.0755. The largest absolute Gasteiger partial charge is 0.497 e. The van der Waals surface area contributed by atoms with Crippen molar-refractivity contribution in [2.75, 3.05) is 26.8 Å². The van der Waals surface area contributed by atoms with Crippen LogP contribution in [-0.4, -0.2) is 42.2 Å². The Morgan fingerprint density at radius 1 is 1.19 bits per heavy atom. The predicted octanol–water partition coefficient (Wildman–Crippen LogP) is 2.56. The Kier molecular flexibility index (Phi) is 6.52. The van der Waals surface area contributed by atoms with Crippen molar-refractivity contribution in [3.05, 3.63) is 59.0 Å². The number of piperidine rings is 1. The highest BCUT2D eigenvalue weighted by molar-refractivity contribution is 5.76. The summed E-state index contributed by atoms with van der Waals surface area (Å²) in [4.78, 5) is 26.2. The van der Waals surface area contributed by atoms with Crippen molar-refractivity contribution in [1.29, 1.82) is 0 Å². The van der Waals surface area contributed by atoms with Gasteiger partial charge in [-0.05, 0) is 31.0 Å². The van der Waals surface area contributed by atoms with Gasteiger partial charge in [-0.1, -0.05) is 12.1 Å². The van der Waals surface area contributed by atoms with Crippen molar-refractivity contribution in [3.63, 3.8) is 0 Å². The van der Waals surface area contributed by atoms with Crippen LogP contribution in [0.25, 0.3) is 0 Å². The number of carbonyl (C=O) groups is 1. The van der Waals surface area contributed by atoms with Gasteiger partial charge in [0, 0.05) is 50.3 Å². The number of methoxy groups -OCH3 is 1. The molecule has 0 N–H and O–H groups in total. The number of amides is 1. The first kappa shape index (κ1) is 19.0. The number of carbonyl (C=O) groups excluding carboxylic acids is 1. The summed E-state index contributed by atoms with van der Waals surface area (Å²) in [6, 6.07) is 12.6. The summed E-state index contributed by atoms with van der Waals surface area (Å²) >= 11 is 0. The van der Waals surface area contributed by atoms with Crippen molar-refractivity contribution in [3.8, 4) is 11.5 Å². The number of hydrogen-bond donors (Lipinski definition) is 0. The fourth-order valence-electron chi connectivity index (χ4n) is 3.35. The van der Waals surface area contributed by atoms with E-state index < -0.39 is 0 Å². The van der Waals surface area contributed by atoms with Crippen LogP contribution in [-0.2, 0) is 11.3 Å². The molecule has 0 bridgehead atoms. The SMILES string of the molecule is COc1cccc(OC[C@@H]2CCCN(C(=O)CCn3ccccc3=O)C2)c1. The molecule has 6 nitrogen and oxygen atoms in total. The first-order valence-electron chi connectivity index (χ1n) is 9.36. The van der Waals surface area contributed by atoms with E-state index in [0.717, 1.165) is 30.9 Å². The molecule has 144 valence electrons. The van der Waals surface area contributed by atoms with Gasteiger partial charge in [-0.25, -0.2) is 0 Å². The quantitative estimate of drug-likeness (QED) is 0.752. The highest BCUT2D eigenvalue weighted by Gasteiger charge is 2.24. The van der Waals surface area contributed by atoms with Gasteiger partial charge in [-0.3, -0.25) is 9.59 Å². The number of ether oxygens (including phenoxy) is 2. The van der Waals surface area contributed by atoms with Crippen LogP contribution in [0, 0.1) is 5.92 Å². The number of hydrogen-bond acceptors (Lipinski definition) is 4.